The van der Waals surface area contributed by atoms with E-state index in [1.54, 1.807) is 4.31 Å². The van der Waals surface area contributed by atoms with E-state index in [2.05, 4.69) is 9.97 Å². The minimum absolute atomic E-state index is 0.0983. The molecule has 3 saturated heterocycles. The molecule has 1 aromatic rings. The van der Waals surface area contributed by atoms with E-state index in [4.69, 9.17) is 0 Å². The van der Waals surface area contributed by atoms with E-state index in [9.17, 15) is 18.0 Å². The van der Waals surface area contributed by atoms with Crippen molar-refractivity contribution in [3.8, 4) is 0 Å². The molecule has 2 amide bonds. The van der Waals surface area contributed by atoms with Crippen LogP contribution in [0.2, 0.25) is 0 Å². The van der Waals surface area contributed by atoms with Crippen LogP contribution in [0, 0.1) is 0 Å². The summed E-state index contributed by atoms with van der Waals surface area (Å²) in [5.74, 6) is -0.242. The second kappa shape index (κ2) is 5.13. The Kier molecular flexibility index (Phi) is 3.31. The number of nitrogens with one attached hydrogen (secondary N) is 1. The van der Waals surface area contributed by atoms with Crippen LogP contribution in [0.4, 0.5) is 0 Å². The van der Waals surface area contributed by atoms with E-state index in [0.717, 1.165) is 12.8 Å². The Morgan fingerprint density at radius 3 is 2.17 bits per heavy atom. The zero-order chi connectivity index (χ0) is 16.2. The van der Waals surface area contributed by atoms with Crippen LogP contribution in [0.15, 0.2) is 17.6 Å². The molecule has 0 spiro atoms. The number of piperidine rings is 1. The average molecular weight is 338 g/mol. The Labute approximate surface area is 133 Å². The highest BCUT2D eigenvalue weighted by molar-refractivity contribution is 7.89. The molecule has 2 unspecified atom stereocenters. The minimum Gasteiger partial charge on any atom is -0.335 e. The molecule has 3 aliphatic heterocycles. The van der Waals surface area contributed by atoms with Crippen LogP contribution in [0.3, 0.4) is 0 Å². The number of imide groups is 1. The van der Waals surface area contributed by atoms with E-state index >= 15 is 0 Å². The number of hydrogen-bond acceptors (Lipinski definition) is 5. The van der Waals surface area contributed by atoms with Crippen molar-refractivity contribution in [3.05, 3.63) is 12.5 Å². The van der Waals surface area contributed by atoms with Crippen molar-refractivity contribution >= 4 is 21.8 Å². The van der Waals surface area contributed by atoms with Gasteiger partial charge in [-0.1, -0.05) is 0 Å². The van der Waals surface area contributed by atoms with Crippen molar-refractivity contribution in [2.24, 2.45) is 0 Å². The molecule has 0 aliphatic carbocycles. The molecular formula is C14H18N4O4S. The molecule has 23 heavy (non-hydrogen) atoms. The predicted molar refractivity (Wildman–Crippen MR) is 78.5 cm³/mol. The Bertz CT molecular complexity index is 715. The van der Waals surface area contributed by atoms with Crippen LogP contribution in [-0.4, -0.2) is 57.5 Å². The van der Waals surface area contributed by atoms with Gasteiger partial charge < -0.3 is 4.98 Å². The van der Waals surface area contributed by atoms with Crippen molar-refractivity contribution in [3.63, 3.8) is 0 Å². The maximum Gasteiger partial charge on any atom is 0.260 e. The molecular weight excluding hydrogens is 320 g/mol. The number of aromatic amines is 1. The molecule has 4 rings (SSSR count). The number of carbonyl (C=O) groups is 2. The highest BCUT2D eigenvalue weighted by Crippen LogP contribution is 2.41. The Morgan fingerprint density at radius 2 is 1.65 bits per heavy atom. The van der Waals surface area contributed by atoms with Gasteiger partial charge in [-0.05, 0) is 25.7 Å². The molecule has 0 aromatic carbocycles. The van der Waals surface area contributed by atoms with E-state index in [1.165, 1.54) is 17.4 Å². The van der Waals surface area contributed by atoms with E-state index in [0.29, 0.717) is 12.8 Å². The normalized spacial score (nSPS) is 32.0. The fourth-order valence-electron chi connectivity index (χ4n) is 4.21. The van der Waals surface area contributed by atoms with Crippen LogP contribution in [0.25, 0.3) is 0 Å². The largest absolute Gasteiger partial charge is 0.335 e. The van der Waals surface area contributed by atoms with Gasteiger partial charge in [-0.25, -0.2) is 13.4 Å². The quantitative estimate of drug-likeness (QED) is 0.795. The smallest absolute Gasteiger partial charge is 0.260 e. The summed E-state index contributed by atoms with van der Waals surface area (Å²) in [5, 5.41) is 0.0983. The molecule has 1 aromatic heterocycles. The SMILES string of the molecule is O=C1CCC(=O)N1C1CC2CCC(C1)N2S(=O)(=O)c1cnc[nH]1. The number of fused-ring (bicyclic) bond motifs is 2. The Morgan fingerprint density at radius 1 is 1.04 bits per heavy atom. The standard InChI is InChI=1S/C14H18N4O4S/c19-13-3-4-14(20)17(13)11-5-9-1-2-10(6-11)18(9)23(21,22)12-7-15-8-16-12/h7-11H,1-6H2,(H,15,16). The van der Waals surface area contributed by atoms with Crippen molar-refractivity contribution in [1.82, 2.24) is 19.2 Å². The first-order valence-corrected chi connectivity index (χ1v) is 9.29. The molecule has 2 bridgehead atoms. The van der Waals surface area contributed by atoms with Crippen molar-refractivity contribution in [2.75, 3.05) is 0 Å². The van der Waals surface area contributed by atoms with Gasteiger partial charge >= 0.3 is 0 Å². The molecule has 3 aliphatic rings. The number of rotatable bonds is 3. The summed E-state index contributed by atoms with van der Waals surface area (Å²) in [4.78, 5) is 31.7. The Balaban J connectivity index is 1.59. The average Bonchev–Trinajstić information content (AvgIpc) is 3.20. The number of amides is 2. The fraction of sp³-hybridized carbons (Fsp3) is 0.643. The predicted octanol–water partition coefficient (Wildman–Crippen LogP) is 0.243. The lowest BCUT2D eigenvalue weighted by molar-refractivity contribution is -0.142. The highest BCUT2D eigenvalue weighted by atomic mass is 32.2. The van der Waals surface area contributed by atoms with Gasteiger partial charge in [0.1, 0.15) is 0 Å². The summed E-state index contributed by atoms with van der Waals surface area (Å²) in [6.07, 6.45) is 5.82. The first-order chi connectivity index (χ1) is 11.0. The van der Waals surface area contributed by atoms with Crippen molar-refractivity contribution < 1.29 is 18.0 Å². The lowest BCUT2D eigenvalue weighted by Crippen LogP contribution is -2.53. The number of carbonyl (C=O) groups excluding carboxylic acids is 2. The molecule has 124 valence electrons. The van der Waals surface area contributed by atoms with E-state index in [-0.39, 0.29) is 47.8 Å². The first kappa shape index (κ1) is 14.8. The summed E-state index contributed by atoms with van der Waals surface area (Å²) >= 11 is 0. The number of hydrogen-bond donors (Lipinski definition) is 1. The second-order valence-electron chi connectivity index (χ2n) is 6.42. The third-order valence-electron chi connectivity index (χ3n) is 5.13. The van der Waals surface area contributed by atoms with Gasteiger partial charge in [0.2, 0.25) is 11.8 Å². The maximum atomic E-state index is 12.8. The van der Waals surface area contributed by atoms with Gasteiger partial charge in [-0.15, -0.1) is 0 Å². The fourth-order valence-corrected chi connectivity index (χ4v) is 6.00. The van der Waals surface area contributed by atoms with E-state index < -0.39 is 10.0 Å². The van der Waals surface area contributed by atoms with Crippen LogP contribution in [0.5, 0.6) is 0 Å². The topological polar surface area (TPSA) is 103 Å². The van der Waals surface area contributed by atoms with E-state index in [1.807, 2.05) is 0 Å². The number of imidazole rings is 1. The van der Waals surface area contributed by atoms with Crippen LogP contribution >= 0.6 is 0 Å². The van der Waals surface area contributed by atoms with Crippen molar-refractivity contribution in [2.45, 2.75) is 61.7 Å². The third kappa shape index (κ3) is 2.21. The lowest BCUT2D eigenvalue weighted by Gasteiger charge is -2.40. The summed E-state index contributed by atoms with van der Waals surface area (Å²) in [5.41, 5.74) is 0. The van der Waals surface area contributed by atoms with Gasteiger partial charge in [0.25, 0.3) is 10.0 Å². The van der Waals surface area contributed by atoms with Crippen molar-refractivity contribution in [1.29, 1.82) is 0 Å². The highest BCUT2D eigenvalue weighted by Gasteiger charge is 2.50. The first-order valence-electron chi connectivity index (χ1n) is 7.85. The molecule has 9 heteroatoms. The van der Waals surface area contributed by atoms with Gasteiger partial charge in [-0.2, -0.15) is 4.31 Å². The molecule has 8 nitrogen and oxygen atoms in total. The van der Waals surface area contributed by atoms with Crippen LogP contribution < -0.4 is 0 Å². The molecule has 0 radical (unpaired) electrons. The lowest BCUT2D eigenvalue weighted by atomic mass is 9.98. The Hall–Kier alpha value is -1.74. The molecule has 0 saturated carbocycles. The van der Waals surface area contributed by atoms with Crippen LogP contribution in [0.1, 0.15) is 38.5 Å². The van der Waals surface area contributed by atoms with Gasteiger partial charge in [0.15, 0.2) is 5.03 Å². The van der Waals surface area contributed by atoms with Gasteiger partial charge in [0.05, 0.1) is 12.5 Å². The molecule has 2 atom stereocenters. The minimum atomic E-state index is -3.60. The number of likely N-dealkylation sites (tertiary alicyclic amines) is 1. The maximum absolute atomic E-state index is 12.8. The third-order valence-corrected chi connectivity index (χ3v) is 7.06. The zero-order valence-electron chi connectivity index (χ0n) is 12.5. The number of H-pyrrole nitrogens is 1. The number of aromatic nitrogens is 2. The summed E-state index contributed by atoms with van der Waals surface area (Å²) in [6.45, 7) is 0. The van der Waals surface area contributed by atoms with Gasteiger partial charge in [0, 0.05) is 31.0 Å². The number of nitrogens with zero attached hydrogens (tertiary/aromatic N) is 3. The monoisotopic (exact) mass is 338 g/mol. The molecule has 1 N–H and O–H groups in total. The zero-order valence-corrected chi connectivity index (χ0v) is 13.3. The van der Waals surface area contributed by atoms with Crippen LogP contribution in [-0.2, 0) is 19.6 Å². The molecule has 4 heterocycles. The second-order valence-corrected chi connectivity index (χ2v) is 8.23. The summed E-state index contributed by atoms with van der Waals surface area (Å²) in [7, 11) is -3.60. The summed E-state index contributed by atoms with van der Waals surface area (Å²) < 4.78 is 27.1. The number of sulfonamides is 1. The van der Waals surface area contributed by atoms with Gasteiger partial charge in [-0.3, -0.25) is 14.5 Å². The summed E-state index contributed by atoms with van der Waals surface area (Å²) in [6, 6.07) is -0.482. The molecule has 3 fully saturated rings.